The van der Waals surface area contributed by atoms with E-state index < -0.39 is 20.6 Å². The Morgan fingerprint density at radius 3 is 1.41 bits per heavy atom. The molecule has 0 atom stereocenters. The van der Waals surface area contributed by atoms with E-state index in [0.717, 1.165) is 26.2 Å². The minimum Gasteiger partial charge on any atom is -0.369 e. The molecule has 0 aromatic heterocycles. The summed E-state index contributed by atoms with van der Waals surface area (Å²) in [6.07, 6.45) is -1.52. The lowest BCUT2D eigenvalue weighted by atomic mass is 10.2. The van der Waals surface area contributed by atoms with E-state index in [0.29, 0.717) is 0 Å². The van der Waals surface area contributed by atoms with Gasteiger partial charge in [0.15, 0.2) is 5.40 Å². The number of hydrogen-bond acceptors (Lipinski definition) is 8. The van der Waals surface area contributed by atoms with Crippen LogP contribution in [0.1, 0.15) is 55.4 Å². The maximum absolute atomic E-state index is 14.3. The average Bonchev–Trinajstić information content (AvgIpc) is 2.70. The van der Waals surface area contributed by atoms with E-state index in [2.05, 4.69) is 21.9 Å². The molecule has 0 radical (unpaired) electrons. The first kappa shape index (κ1) is 29.5. The molecule has 0 amide bonds. The van der Waals surface area contributed by atoms with Gasteiger partial charge in [0.2, 0.25) is 0 Å². The van der Waals surface area contributed by atoms with E-state index in [4.69, 9.17) is 18.1 Å². The predicted octanol–water partition coefficient (Wildman–Crippen LogP) is 6.22. The van der Waals surface area contributed by atoms with Crippen LogP contribution in [0.25, 0.3) is 0 Å². The van der Waals surface area contributed by atoms with E-state index in [1.54, 1.807) is 55.4 Å². The molecule has 1 fully saturated rings. The van der Waals surface area contributed by atoms with Crippen molar-refractivity contribution in [2.45, 2.75) is 85.2 Å². The lowest BCUT2D eigenvalue weighted by Gasteiger charge is -2.41. The summed E-state index contributed by atoms with van der Waals surface area (Å²) in [7, 11) is -7.77. The Labute approximate surface area is 206 Å². The molecule has 0 N–H and O–H groups in total. The Kier molecular flexibility index (Phi) is 11.3. The molecule has 34 heavy (non-hydrogen) atoms. The molecule has 196 valence electrons. The highest BCUT2D eigenvalue weighted by Crippen LogP contribution is 2.72. The second kappa shape index (κ2) is 13.0. The number of hydrogen-bond donors (Lipinski definition) is 0. The summed E-state index contributed by atoms with van der Waals surface area (Å²) in [5.74, 6) is 0. The lowest BCUT2D eigenvalue weighted by molar-refractivity contribution is 0.116. The van der Waals surface area contributed by atoms with Crippen molar-refractivity contribution in [3.63, 3.8) is 0 Å². The molecule has 2 rings (SSSR count). The smallest absolute Gasteiger partial charge is 0.347 e. The van der Waals surface area contributed by atoms with Crippen LogP contribution >= 0.6 is 15.2 Å². The van der Waals surface area contributed by atoms with Crippen molar-refractivity contribution >= 4 is 20.9 Å². The molecule has 0 saturated carbocycles. The van der Waals surface area contributed by atoms with E-state index in [1.807, 2.05) is 18.2 Å². The summed E-state index contributed by atoms with van der Waals surface area (Å²) in [6, 6.07) is 10.3. The molecule has 0 unspecified atom stereocenters. The summed E-state index contributed by atoms with van der Waals surface area (Å²) >= 11 is 0. The largest absolute Gasteiger partial charge is 0.369 e. The van der Waals surface area contributed by atoms with Gasteiger partial charge in [0, 0.05) is 38.4 Å². The third-order valence-electron chi connectivity index (χ3n) is 5.08. The van der Waals surface area contributed by atoms with Gasteiger partial charge < -0.3 is 23.0 Å². The van der Waals surface area contributed by atoms with Crippen LogP contribution < -0.4 is 4.90 Å². The number of piperazine rings is 1. The fraction of sp³-hybridized carbons (Fsp3) is 0.750. The Balaban J connectivity index is 2.36. The van der Waals surface area contributed by atoms with Crippen LogP contribution in [0.5, 0.6) is 0 Å². The standard InChI is InChI=1S/C24H44N2O6P2/c1-19(2)29-33(27,30-20(3)4)24(34(28,31-21(5)6)32-22(7)8)18-25-14-16-26(17-15-25)23-12-10-9-11-13-23/h9-13,19-22,24H,14-18H2,1-8H3. The SMILES string of the molecule is CC(C)OP(=O)(OC(C)C)C(CN1CCN(c2ccccc2)CC1)P(=O)(OC(C)C)OC(C)C. The van der Waals surface area contributed by atoms with Crippen LogP contribution in [0.3, 0.4) is 0 Å². The molecule has 1 aliphatic rings. The zero-order valence-corrected chi connectivity index (χ0v) is 23.8. The Morgan fingerprint density at radius 1 is 0.676 bits per heavy atom. The molecule has 1 aromatic rings. The van der Waals surface area contributed by atoms with E-state index in [9.17, 15) is 9.13 Å². The minimum absolute atomic E-state index is 0.232. The van der Waals surface area contributed by atoms with Crippen LogP contribution in [0.15, 0.2) is 30.3 Å². The van der Waals surface area contributed by atoms with Crippen molar-refractivity contribution in [2.75, 3.05) is 37.6 Å². The Morgan fingerprint density at radius 2 is 1.06 bits per heavy atom. The lowest BCUT2D eigenvalue weighted by Crippen LogP contribution is -2.49. The van der Waals surface area contributed by atoms with Gasteiger partial charge in [-0.25, -0.2) is 0 Å². The van der Waals surface area contributed by atoms with Gasteiger partial charge in [0.25, 0.3) is 0 Å². The summed E-state index contributed by atoms with van der Waals surface area (Å²) in [6.45, 7) is 17.6. The van der Waals surface area contributed by atoms with Crippen LogP contribution in [0.4, 0.5) is 5.69 Å². The van der Waals surface area contributed by atoms with Crippen molar-refractivity contribution in [2.24, 2.45) is 0 Å². The molecule has 1 aromatic carbocycles. The predicted molar refractivity (Wildman–Crippen MR) is 139 cm³/mol. The first-order valence-electron chi connectivity index (χ1n) is 12.3. The highest BCUT2D eigenvalue weighted by Gasteiger charge is 2.53. The molecular weight excluding hydrogens is 474 g/mol. The summed E-state index contributed by atoms with van der Waals surface area (Å²) < 4.78 is 52.2. The third kappa shape index (κ3) is 8.74. The molecule has 8 nitrogen and oxygen atoms in total. The van der Waals surface area contributed by atoms with Gasteiger partial charge in [-0.15, -0.1) is 0 Å². The zero-order valence-electron chi connectivity index (χ0n) is 22.0. The van der Waals surface area contributed by atoms with Crippen molar-refractivity contribution in [3.05, 3.63) is 30.3 Å². The van der Waals surface area contributed by atoms with Crippen molar-refractivity contribution < 1.29 is 27.2 Å². The number of nitrogens with zero attached hydrogens (tertiary/aromatic N) is 2. The van der Waals surface area contributed by atoms with E-state index in [1.165, 1.54) is 5.69 Å². The highest BCUT2D eigenvalue weighted by atomic mass is 31.2. The molecule has 1 saturated heterocycles. The molecular formula is C24H44N2O6P2. The maximum atomic E-state index is 14.3. The van der Waals surface area contributed by atoms with Gasteiger partial charge in [-0.05, 0) is 67.5 Å². The van der Waals surface area contributed by atoms with Gasteiger partial charge in [-0.2, -0.15) is 0 Å². The van der Waals surface area contributed by atoms with Gasteiger partial charge in [0.1, 0.15) is 0 Å². The average molecular weight is 519 g/mol. The maximum Gasteiger partial charge on any atom is 0.347 e. The zero-order chi connectivity index (χ0) is 25.5. The molecule has 1 heterocycles. The Hall–Kier alpha value is -0.720. The number of para-hydroxylation sites is 1. The van der Waals surface area contributed by atoms with Gasteiger partial charge >= 0.3 is 15.2 Å². The van der Waals surface area contributed by atoms with Crippen molar-refractivity contribution in [3.8, 4) is 0 Å². The molecule has 10 heteroatoms. The summed E-state index contributed by atoms with van der Waals surface area (Å²) in [4.78, 5) is 4.47. The fourth-order valence-corrected chi connectivity index (χ4v) is 9.85. The van der Waals surface area contributed by atoms with Crippen molar-refractivity contribution in [1.29, 1.82) is 0 Å². The van der Waals surface area contributed by atoms with Crippen molar-refractivity contribution in [1.82, 2.24) is 4.90 Å². The molecule has 1 aliphatic heterocycles. The highest BCUT2D eigenvalue weighted by molar-refractivity contribution is 7.72. The van der Waals surface area contributed by atoms with Crippen LogP contribution in [-0.4, -0.2) is 67.4 Å². The first-order valence-corrected chi connectivity index (χ1v) is 15.5. The van der Waals surface area contributed by atoms with Gasteiger partial charge in [0.05, 0.1) is 24.4 Å². The quantitative estimate of drug-likeness (QED) is 0.285. The molecule has 0 aliphatic carbocycles. The van der Waals surface area contributed by atoms with Gasteiger partial charge in [-0.3, -0.25) is 14.0 Å². The minimum atomic E-state index is -3.88. The van der Waals surface area contributed by atoms with Crippen LogP contribution in [-0.2, 0) is 27.2 Å². The molecule has 0 spiro atoms. The van der Waals surface area contributed by atoms with E-state index >= 15 is 0 Å². The van der Waals surface area contributed by atoms with E-state index in [-0.39, 0.29) is 31.0 Å². The fourth-order valence-electron chi connectivity index (χ4n) is 3.94. The number of benzene rings is 1. The summed E-state index contributed by atoms with van der Waals surface area (Å²) in [5.41, 5.74) is 1.17. The second-order valence-corrected chi connectivity index (χ2v) is 14.5. The van der Waals surface area contributed by atoms with Gasteiger partial charge in [-0.1, -0.05) is 18.2 Å². The first-order chi connectivity index (χ1) is 15.8. The molecule has 0 bridgehead atoms. The van der Waals surface area contributed by atoms with Crippen LogP contribution in [0, 0.1) is 0 Å². The summed E-state index contributed by atoms with van der Waals surface area (Å²) in [5, 5.41) is -1.06. The third-order valence-corrected chi connectivity index (χ3v) is 11.4. The monoisotopic (exact) mass is 518 g/mol. The normalized spacial score (nSPS) is 16.6. The second-order valence-electron chi connectivity index (χ2n) is 9.80. The topological polar surface area (TPSA) is 77.5 Å². The Bertz CT molecular complexity index is 760. The number of rotatable bonds is 13. The number of anilines is 1. The van der Waals surface area contributed by atoms with Crippen LogP contribution in [0.2, 0.25) is 0 Å².